The van der Waals surface area contributed by atoms with Gasteiger partial charge in [-0.1, -0.05) is 13.0 Å². The van der Waals surface area contributed by atoms with Crippen molar-refractivity contribution in [2.75, 3.05) is 26.3 Å². The Balaban J connectivity index is 2.15. The van der Waals surface area contributed by atoms with E-state index >= 15 is 0 Å². The van der Waals surface area contributed by atoms with Crippen molar-refractivity contribution >= 4 is 0 Å². The second-order valence-electron chi connectivity index (χ2n) is 4.50. The van der Waals surface area contributed by atoms with Gasteiger partial charge in [0.25, 0.3) is 0 Å². The summed E-state index contributed by atoms with van der Waals surface area (Å²) in [5.41, 5.74) is 6.98. The fraction of sp³-hybridized carbons (Fsp3) is 0.571. The predicted octanol–water partition coefficient (Wildman–Crippen LogP) is 1.85. The van der Waals surface area contributed by atoms with Gasteiger partial charge in [0.2, 0.25) is 0 Å². The molecule has 1 aliphatic heterocycles. The molecule has 2 rings (SSSR count). The van der Waals surface area contributed by atoms with Gasteiger partial charge in [-0.05, 0) is 30.7 Å². The van der Waals surface area contributed by atoms with Gasteiger partial charge in [0.15, 0.2) is 11.5 Å². The highest BCUT2D eigenvalue weighted by atomic mass is 16.5. The van der Waals surface area contributed by atoms with Gasteiger partial charge in [0.1, 0.15) is 0 Å². The first-order chi connectivity index (χ1) is 8.85. The summed E-state index contributed by atoms with van der Waals surface area (Å²) in [6.07, 6.45) is 2.03. The zero-order valence-corrected chi connectivity index (χ0v) is 10.9. The first-order valence-electron chi connectivity index (χ1n) is 6.68. The summed E-state index contributed by atoms with van der Waals surface area (Å²) in [7, 11) is 0. The van der Waals surface area contributed by atoms with Crippen LogP contribution in [0.3, 0.4) is 0 Å². The molecule has 0 spiro atoms. The minimum atomic E-state index is 0.183. The standard InChI is InChI=1S/C14H22N2O2/c1-2-6-16-12(10-15)11-4-5-13-14(9-11)18-8-3-7-17-13/h4-5,9,12,16H,2-3,6-8,10,15H2,1H3. The Labute approximate surface area is 108 Å². The molecule has 18 heavy (non-hydrogen) atoms. The highest BCUT2D eigenvalue weighted by molar-refractivity contribution is 5.44. The zero-order chi connectivity index (χ0) is 12.8. The average molecular weight is 250 g/mol. The zero-order valence-electron chi connectivity index (χ0n) is 10.9. The highest BCUT2D eigenvalue weighted by Gasteiger charge is 2.14. The van der Waals surface area contributed by atoms with Crippen LogP contribution in [0.4, 0.5) is 0 Å². The Morgan fingerprint density at radius 3 is 2.78 bits per heavy atom. The van der Waals surface area contributed by atoms with E-state index in [-0.39, 0.29) is 6.04 Å². The van der Waals surface area contributed by atoms with E-state index in [0.717, 1.165) is 43.1 Å². The molecule has 0 fully saturated rings. The molecule has 0 bridgehead atoms. The van der Waals surface area contributed by atoms with E-state index in [2.05, 4.69) is 18.3 Å². The largest absolute Gasteiger partial charge is 0.490 e. The monoisotopic (exact) mass is 250 g/mol. The molecule has 0 saturated carbocycles. The van der Waals surface area contributed by atoms with Crippen LogP contribution >= 0.6 is 0 Å². The minimum Gasteiger partial charge on any atom is -0.490 e. The second kappa shape index (κ2) is 6.61. The molecule has 0 saturated heterocycles. The lowest BCUT2D eigenvalue weighted by Crippen LogP contribution is -2.28. The van der Waals surface area contributed by atoms with Crippen molar-refractivity contribution in [3.8, 4) is 11.5 Å². The number of hydrogen-bond acceptors (Lipinski definition) is 4. The molecule has 1 aromatic carbocycles. The molecular formula is C14H22N2O2. The summed E-state index contributed by atoms with van der Waals surface area (Å²) in [4.78, 5) is 0. The molecule has 1 heterocycles. The molecule has 0 radical (unpaired) electrons. The number of hydrogen-bond donors (Lipinski definition) is 2. The molecule has 1 unspecified atom stereocenters. The number of nitrogens with one attached hydrogen (secondary N) is 1. The van der Waals surface area contributed by atoms with Gasteiger partial charge in [-0.3, -0.25) is 0 Å². The third kappa shape index (κ3) is 3.15. The maximum atomic E-state index is 5.82. The molecule has 100 valence electrons. The quantitative estimate of drug-likeness (QED) is 0.837. The number of benzene rings is 1. The Bertz CT molecular complexity index is 382. The van der Waals surface area contributed by atoms with Gasteiger partial charge in [-0.25, -0.2) is 0 Å². The van der Waals surface area contributed by atoms with Crippen LogP contribution in [0, 0.1) is 0 Å². The maximum absolute atomic E-state index is 5.82. The SMILES string of the molecule is CCCNC(CN)c1ccc2c(c1)OCCCO2. The molecule has 0 aromatic heterocycles. The van der Waals surface area contributed by atoms with Gasteiger partial charge in [-0.2, -0.15) is 0 Å². The van der Waals surface area contributed by atoms with E-state index < -0.39 is 0 Å². The number of fused-ring (bicyclic) bond motifs is 1. The normalized spacial score (nSPS) is 16.1. The molecule has 0 aliphatic carbocycles. The van der Waals surface area contributed by atoms with Crippen molar-refractivity contribution in [1.29, 1.82) is 0 Å². The van der Waals surface area contributed by atoms with Crippen LogP contribution in [-0.4, -0.2) is 26.3 Å². The first-order valence-corrected chi connectivity index (χ1v) is 6.68. The van der Waals surface area contributed by atoms with Crippen LogP contribution in [0.2, 0.25) is 0 Å². The van der Waals surface area contributed by atoms with E-state index in [4.69, 9.17) is 15.2 Å². The number of ether oxygens (including phenoxy) is 2. The maximum Gasteiger partial charge on any atom is 0.161 e. The topological polar surface area (TPSA) is 56.5 Å². The Hall–Kier alpha value is -1.26. The first kappa shape index (κ1) is 13.2. The van der Waals surface area contributed by atoms with Crippen molar-refractivity contribution in [3.05, 3.63) is 23.8 Å². The Morgan fingerprint density at radius 1 is 1.28 bits per heavy atom. The van der Waals surface area contributed by atoms with E-state index in [1.165, 1.54) is 0 Å². The van der Waals surface area contributed by atoms with Crippen molar-refractivity contribution in [3.63, 3.8) is 0 Å². The van der Waals surface area contributed by atoms with E-state index in [1.54, 1.807) is 0 Å². The molecule has 3 N–H and O–H groups in total. The van der Waals surface area contributed by atoms with Crippen LogP contribution < -0.4 is 20.5 Å². The third-order valence-corrected chi connectivity index (χ3v) is 3.05. The summed E-state index contributed by atoms with van der Waals surface area (Å²) in [6.45, 7) is 5.14. The molecule has 4 nitrogen and oxygen atoms in total. The third-order valence-electron chi connectivity index (χ3n) is 3.05. The van der Waals surface area contributed by atoms with Crippen molar-refractivity contribution < 1.29 is 9.47 Å². The lowest BCUT2D eigenvalue weighted by molar-refractivity contribution is 0.297. The van der Waals surface area contributed by atoms with Gasteiger partial charge in [0, 0.05) is 19.0 Å². The number of nitrogens with two attached hydrogens (primary N) is 1. The van der Waals surface area contributed by atoms with E-state index in [0.29, 0.717) is 13.2 Å². The van der Waals surface area contributed by atoms with Crippen molar-refractivity contribution in [2.45, 2.75) is 25.8 Å². The second-order valence-corrected chi connectivity index (χ2v) is 4.50. The number of rotatable bonds is 5. The van der Waals surface area contributed by atoms with Gasteiger partial charge >= 0.3 is 0 Å². The smallest absolute Gasteiger partial charge is 0.161 e. The lowest BCUT2D eigenvalue weighted by Gasteiger charge is -2.18. The highest BCUT2D eigenvalue weighted by Crippen LogP contribution is 2.32. The predicted molar refractivity (Wildman–Crippen MR) is 72.1 cm³/mol. The molecule has 4 heteroatoms. The van der Waals surface area contributed by atoms with Gasteiger partial charge in [0.05, 0.1) is 13.2 Å². The van der Waals surface area contributed by atoms with Crippen LogP contribution in [-0.2, 0) is 0 Å². The van der Waals surface area contributed by atoms with E-state index in [9.17, 15) is 0 Å². The fourth-order valence-electron chi connectivity index (χ4n) is 2.05. The molecule has 0 amide bonds. The van der Waals surface area contributed by atoms with Crippen LogP contribution in [0.15, 0.2) is 18.2 Å². The molecular weight excluding hydrogens is 228 g/mol. The van der Waals surface area contributed by atoms with Crippen LogP contribution in [0.1, 0.15) is 31.4 Å². The fourth-order valence-corrected chi connectivity index (χ4v) is 2.05. The Kier molecular flexibility index (Phi) is 4.84. The minimum absolute atomic E-state index is 0.183. The van der Waals surface area contributed by atoms with Crippen molar-refractivity contribution in [2.24, 2.45) is 5.73 Å². The van der Waals surface area contributed by atoms with Crippen LogP contribution in [0.5, 0.6) is 11.5 Å². The summed E-state index contributed by atoms with van der Waals surface area (Å²) in [5, 5.41) is 3.44. The van der Waals surface area contributed by atoms with Crippen LogP contribution in [0.25, 0.3) is 0 Å². The molecule has 1 aliphatic rings. The summed E-state index contributed by atoms with van der Waals surface area (Å²) in [5.74, 6) is 1.67. The summed E-state index contributed by atoms with van der Waals surface area (Å²) < 4.78 is 11.3. The summed E-state index contributed by atoms with van der Waals surface area (Å²) >= 11 is 0. The lowest BCUT2D eigenvalue weighted by atomic mass is 10.1. The molecule has 1 atom stereocenters. The average Bonchev–Trinajstić information content (AvgIpc) is 2.64. The Morgan fingerprint density at radius 2 is 2.06 bits per heavy atom. The van der Waals surface area contributed by atoms with Gasteiger partial charge < -0.3 is 20.5 Å². The summed E-state index contributed by atoms with van der Waals surface area (Å²) in [6, 6.07) is 6.27. The molecule has 1 aromatic rings. The van der Waals surface area contributed by atoms with Crippen molar-refractivity contribution in [1.82, 2.24) is 5.32 Å². The van der Waals surface area contributed by atoms with Gasteiger partial charge in [-0.15, -0.1) is 0 Å². The van der Waals surface area contributed by atoms with E-state index in [1.807, 2.05) is 12.1 Å².